The SMILES string of the molecule is CN=C(NCCC(=O)NC(C)C)NCC(C)c1ccsc1.I. The Kier molecular flexibility index (Phi) is 11.3. The maximum Gasteiger partial charge on any atom is 0.221 e. The summed E-state index contributed by atoms with van der Waals surface area (Å²) in [6.07, 6.45) is 0.443. The van der Waals surface area contributed by atoms with Crippen molar-refractivity contribution in [3.63, 3.8) is 0 Å². The molecule has 1 heterocycles. The van der Waals surface area contributed by atoms with Gasteiger partial charge in [0.15, 0.2) is 5.96 Å². The smallest absolute Gasteiger partial charge is 0.221 e. The Hall–Kier alpha value is -0.830. The Morgan fingerprint density at radius 1 is 1.32 bits per heavy atom. The molecule has 0 aliphatic heterocycles. The highest BCUT2D eigenvalue weighted by Gasteiger charge is 2.07. The zero-order valence-electron chi connectivity index (χ0n) is 13.7. The second-order valence-electron chi connectivity index (χ2n) is 5.31. The van der Waals surface area contributed by atoms with E-state index >= 15 is 0 Å². The minimum Gasteiger partial charge on any atom is -0.356 e. The molecular formula is C15H27IN4OS. The number of nitrogens with zero attached hydrogens (tertiary/aromatic N) is 1. The number of hydrogen-bond donors (Lipinski definition) is 3. The number of halogens is 1. The van der Waals surface area contributed by atoms with Crippen LogP contribution in [0.25, 0.3) is 0 Å². The molecule has 0 radical (unpaired) electrons. The van der Waals surface area contributed by atoms with Gasteiger partial charge in [0.1, 0.15) is 0 Å². The number of guanidine groups is 1. The van der Waals surface area contributed by atoms with Crippen LogP contribution >= 0.6 is 35.3 Å². The number of carbonyl (C=O) groups is 1. The van der Waals surface area contributed by atoms with Crippen LogP contribution in [0.4, 0.5) is 0 Å². The number of nitrogens with one attached hydrogen (secondary N) is 3. The largest absolute Gasteiger partial charge is 0.356 e. The molecule has 0 aromatic carbocycles. The van der Waals surface area contributed by atoms with Gasteiger partial charge < -0.3 is 16.0 Å². The van der Waals surface area contributed by atoms with Crippen LogP contribution in [-0.4, -0.2) is 38.0 Å². The van der Waals surface area contributed by atoms with E-state index in [4.69, 9.17) is 0 Å². The van der Waals surface area contributed by atoms with E-state index in [0.717, 1.165) is 12.5 Å². The first-order chi connectivity index (χ1) is 10.0. The minimum absolute atomic E-state index is 0. The summed E-state index contributed by atoms with van der Waals surface area (Å²) in [4.78, 5) is 15.7. The predicted molar refractivity (Wildman–Crippen MR) is 105 cm³/mol. The fourth-order valence-electron chi connectivity index (χ4n) is 1.83. The molecule has 1 rings (SSSR count). The molecule has 0 spiro atoms. The molecule has 0 aliphatic rings. The lowest BCUT2D eigenvalue weighted by Crippen LogP contribution is -2.41. The minimum atomic E-state index is 0. The van der Waals surface area contributed by atoms with E-state index in [1.54, 1.807) is 18.4 Å². The van der Waals surface area contributed by atoms with Crippen molar-refractivity contribution in [3.05, 3.63) is 22.4 Å². The highest BCUT2D eigenvalue weighted by atomic mass is 127. The van der Waals surface area contributed by atoms with Crippen molar-refractivity contribution in [1.82, 2.24) is 16.0 Å². The maximum absolute atomic E-state index is 11.5. The van der Waals surface area contributed by atoms with E-state index in [9.17, 15) is 4.79 Å². The molecule has 22 heavy (non-hydrogen) atoms. The summed E-state index contributed by atoms with van der Waals surface area (Å²) in [5, 5.41) is 13.6. The first kappa shape index (κ1) is 21.2. The Morgan fingerprint density at radius 3 is 2.59 bits per heavy atom. The van der Waals surface area contributed by atoms with Gasteiger partial charge >= 0.3 is 0 Å². The van der Waals surface area contributed by atoms with Gasteiger partial charge in [0.2, 0.25) is 5.91 Å². The van der Waals surface area contributed by atoms with Crippen molar-refractivity contribution in [3.8, 4) is 0 Å². The lowest BCUT2D eigenvalue weighted by Gasteiger charge is -2.15. The van der Waals surface area contributed by atoms with Gasteiger partial charge in [0.25, 0.3) is 0 Å². The first-order valence-corrected chi connectivity index (χ1v) is 8.23. The van der Waals surface area contributed by atoms with Crippen LogP contribution < -0.4 is 16.0 Å². The van der Waals surface area contributed by atoms with Gasteiger partial charge in [-0.15, -0.1) is 24.0 Å². The topological polar surface area (TPSA) is 65.5 Å². The average Bonchev–Trinajstić information content (AvgIpc) is 2.95. The number of amides is 1. The summed E-state index contributed by atoms with van der Waals surface area (Å²) >= 11 is 1.71. The molecule has 1 aromatic heterocycles. The fourth-order valence-corrected chi connectivity index (χ4v) is 2.61. The molecule has 0 bridgehead atoms. The number of aliphatic imine (C=N–C) groups is 1. The van der Waals surface area contributed by atoms with Gasteiger partial charge in [0.05, 0.1) is 0 Å². The van der Waals surface area contributed by atoms with Gasteiger partial charge in [0, 0.05) is 32.6 Å². The molecule has 0 saturated carbocycles. The van der Waals surface area contributed by atoms with Crippen LogP contribution in [0.15, 0.2) is 21.8 Å². The second kappa shape index (κ2) is 11.7. The Balaban J connectivity index is 0.00000441. The molecule has 5 nitrogen and oxygen atoms in total. The lowest BCUT2D eigenvalue weighted by molar-refractivity contribution is -0.121. The molecule has 7 heteroatoms. The van der Waals surface area contributed by atoms with E-state index in [1.807, 2.05) is 13.8 Å². The van der Waals surface area contributed by atoms with E-state index in [1.165, 1.54) is 5.56 Å². The van der Waals surface area contributed by atoms with Crippen molar-refractivity contribution in [2.45, 2.75) is 39.2 Å². The summed E-state index contributed by atoms with van der Waals surface area (Å²) < 4.78 is 0. The summed E-state index contributed by atoms with van der Waals surface area (Å²) in [6.45, 7) is 7.48. The summed E-state index contributed by atoms with van der Waals surface area (Å²) in [7, 11) is 1.73. The zero-order valence-corrected chi connectivity index (χ0v) is 16.8. The molecule has 1 aromatic rings. The van der Waals surface area contributed by atoms with E-state index in [-0.39, 0.29) is 35.9 Å². The van der Waals surface area contributed by atoms with E-state index in [2.05, 4.69) is 44.7 Å². The molecule has 0 fully saturated rings. The molecule has 0 saturated heterocycles. The van der Waals surface area contributed by atoms with Crippen LogP contribution in [0.2, 0.25) is 0 Å². The third-order valence-electron chi connectivity index (χ3n) is 3.01. The number of thiophene rings is 1. The van der Waals surface area contributed by atoms with Crippen LogP contribution in [0.3, 0.4) is 0 Å². The maximum atomic E-state index is 11.5. The second-order valence-corrected chi connectivity index (χ2v) is 6.09. The molecule has 1 unspecified atom stereocenters. The van der Waals surface area contributed by atoms with Gasteiger partial charge in [-0.05, 0) is 42.2 Å². The van der Waals surface area contributed by atoms with Crippen molar-refractivity contribution < 1.29 is 4.79 Å². The first-order valence-electron chi connectivity index (χ1n) is 7.29. The Bertz CT molecular complexity index is 448. The van der Waals surface area contributed by atoms with Crippen molar-refractivity contribution in [2.75, 3.05) is 20.1 Å². The van der Waals surface area contributed by atoms with E-state index < -0.39 is 0 Å². The zero-order chi connectivity index (χ0) is 15.7. The highest BCUT2D eigenvalue weighted by Crippen LogP contribution is 2.16. The van der Waals surface area contributed by atoms with Crippen molar-refractivity contribution in [2.24, 2.45) is 4.99 Å². The van der Waals surface area contributed by atoms with Crippen LogP contribution in [0.5, 0.6) is 0 Å². The Morgan fingerprint density at radius 2 is 2.05 bits per heavy atom. The average molecular weight is 438 g/mol. The van der Waals surface area contributed by atoms with Gasteiger partial charge in [-0.1, -0.05) is 6.92 Å². The number of carbonyl (C=O) groups excluding carboxylic acids is 1. The number of hydrogen-bond acceptors (Lipinski definition) is 3. The summed E-state index contributed by atoms with van der Waals surface area (Å²) in [5.41, 5.74) is 1.33. The fraction of sp³-hybridized carbons (Fsp3) is 0.600. The quantitative estimate of drug-likeness (QED) is 0.348. The molecule has 126 valence electrons. The van der Waals surface area contributed by atoms with Crippen molar-refractivity contribution in [1.29, 1.82) is 0 Å². The lowest BCUT2D eigenvalue weighted by atomic mass is 10.1. The highest BCUT2D eigenvalue weighted by molar-refractivity contribution is 14.0. The van der Waals surface area contributed by atoms with Crippen LogP contribution in [-0.2, 0) is 4.79 Å². The molecule has 1 amide bonds. The molecule has 0 aliphatic carbocycles. The third kappa shape index (κ3) is 8.57. The van der Waals surface area contributed by atoms with Gasteiger partial charge in [-0.25, -0.2) is 0 Å². The van der Waals surface area contributed by atoms with Gasteiger partial charge in [-0.3, -0.25) is 9.79 Å². The standard InChI is InChI=1S/C15H26N4OS.HI/c1-11(2)19-14(20)5-7-17-15(16-4)18-9-12(3)13-6-8-21-10-13;/h6,8,10-12H,5,7,9H2,1-4H3,(H,19,20)(H2,16,17,18);1H. The molecular weight excluding hydrogens is 411 g/mol. The Labute approximate surface area is 154 Å². The molecule has 3 N–H and O–H groups in total. The molecule has 1 atom stereocenters. The summed E-state index contributed by atoms with van der Waals surface area (Å²) in [6, 6.07) is 2.32. The normalized spacial score (nSPS) is 12.5. The number of rotatable bonds is 7. The van der Waals surface area contributed by atoms with E-state index in [0.29, 0.717) is 18.9 Å². The monoisotopic (exact) mass is 438 g/mol. The van der Waals surface area contributed by atoms with Crippen molar-refractivity contribution >= 4 is 47.2 Å². The predicted octanol–water partition coefficient (Wildman–Crippen LogP) is 2.55. The van der Waals surface area contributed by atoms with Crippen LogP contribution in [0, 0.1) is 0 Å². The third-order valence-corrected chi connectivity index (χ3v) is 3.71. The van der Waals surface area contributed by atoms with Crippen LogP contribution in [0.1, 0.15) is 38.7 Å². The summed E-state index contributed by atoms with van der Waals surface area (Å²) in [5.74, 6) is 1.22. The van der Waals surface area contributed by atoms with Gasteiger partial charge in [-0.2, -0.15) is 11.3 Å².